The minimum Gasteiger partial charge on any atom is -0.497 e. The molecule has 0 atom stereocenters. The molecule has 0 N–H and O–H groups in total. The summed E-state index contributed by atoms with van der Waals surface area (Å²) in [6.45, 7) is 5.24. The Labute approximate surface area is 444 Å². The van der Waals surface area contributed by atoms with Gasteiger partial charge in [0.25, 0.3) is 8.32 Å². The molecule has 0 fully saturated rings. The van der Waals surface area contributed by atoms with Gasteiger partial charge in [-0.25, -0.2) is 4.79 Å². The van der Waals surface area contributed by atoms with Crippen molar-refractivity contribution in [3.05, 3.63) is 184 Å². The molecule has 0 aliphatic rings. The fraction of sp³-hybridized carbons (Fsp3) is 0.300. The van der Waals surface area contributed by atoms with E-state index < -0.39 is 8.32 Å². The van der Waals surface area contributed by atoms with Gasteiger partial charge in [-0.3, -0.25) is 14.3 Å². The normalized spacial score (nSPS) is 11.7. The van der Waals surface area contributed by atoms with Gasteiger partial charge < -0.3 is 23.2 Å². The Bertz CT molecular complexity index is 3340. The van der Waals surface area contributed by atoms with E-state index in [0.717, 1.165) is 110 Å². The van der Waals surface area contributed by atoms with Gasteiger partial charge in [0.2, 0.25) is 0 Å². The number of carbonyl (C=O) groups excluding carboxylic acids is 1. The third kappa shape index (κ3) is 11.1. The molecule has 9 aromatic rings. The number of halogens is 1. The van der Waals surface area contributed by atoms with Crippen molar-refractivity contribution < 1.29 is 23.4 Å². The van der Waals surface area contributed by atoms with Gasteiger partial charge in [-0.15, -0.1) is 11.8 Å². The quantitative estimate of drug-likeness (QED) is 0.0352. The predicted molar refractivity (Wildman–Crippen MR) is 303 cm³/mol. The number of carbonyl (C=O) groups is 1. The first-order valence-corrected chi connectivity index (χ1v) is 29.1. The van der Waals surface area contributed by atoms with E-state index in [9.17, 15) is 4.79 Å². The Hall–Kier alpha value is -6.64. The molecule has 0 radical (unpaired) electrons. The average molecular weight is 1050 g/mol. The van der Waals surface area contributed by atoms with Crippen LogP contribution in [0.4, 0.5) is 0 Å². The summed E-state index contributed by atoms with van der Waals surface area (Å²) in [6.07, 6.45) is 6.93. The van der Waals surface area contributed by atoms with E-state index >= 15 is 0 Å². The first-order valence-electron chi connectivity index (χ1n) is 25.4. The molecule has 4 aromatic heterocycles. The average Bonchev–Trinajstić information content (AvgIpc) is 4.04. The van der Waals surface area contributed by atoms with Gasteiger partial charge in [-0.2, -0.15) is 10.2 Å². The standard InChI is InChI=1S/C60H65ClN6O5SSi/c1-8-9-34-74(48-19-12-10-13-20-48,49-21-14-11-15-22-49)72-33-17-23-50-51-30-31-52(61)56(58(51)65(3)59(50)60(68)70-7)55-41(2)63-67(5)53(55)40-73-39-45-37-46(66(4)64-45)27-24-43-35-44-18-16-32-62-57(44)54(36-43)71-38-42-25-28-47(69-6)29-26-42/h10-16,18-22,25-26,28-32,35-37H,8-9,17,23-24,27,33-34,38-40H2,1-7H3. The molecule has 0 spiro atoms. The van der Waals surface area contributed by atoms with Crippen LogP contribution in [0.1, 0.15) is 76.1 Å². The Kier molecular flexibility index (Phi) is 16.7. The number of unbranched alkanes of at least 4 members (excludes halogenated alkanes) is 1. The summed E-state index contributed by atoms with van der Waals surface area (Å²) in [5.41, 5.74) is 11.3. The molecule has 4 heterocycles. The fourth-order valence-electron chi connectivity index (χ4n) is 10.4. The zero-order valence-electron chi connectivity index (χ0n) is 43.5. The predicted octanol–water partition coefficient (Wildman–Crippen LogP) is 11.9. The summed E-state index contributed by atoms with van der Waals surface area (Å²) in [7, 11) is 6.48. The van der Waals surface area contributed by atoms with Crippen molar-refractivity contribution in [3.8, 4) is 22.6 Å². The maximum absolute atomic E-state index is 13.8. The second-order valence-corrected chi connectivity index (χ2v) is 23.9. The third-order valence-corrected chi connectivity index (χ3v) is 19.7. The summed E-state index contributed by atoms with van der Waals surface area (Å²) in [6, 6.07) is 45.0. The number of thioether (sulfide) groups is 1. The van der Waals surface area contributed by atoms with Crippen molar-refractivity contribution in [1.82, 2.24) is 29.1 Å². The SMILES string of the molecule is CCCC[Si](OCCCc1c(C(=O)OC)n(C)c2c(-c3c(C)nn(C)c3CSCc3cc(CCc4cc(OCc5ccc(OC)cc5)c5ncccc5c4)n(C)n3)c(Cl)ccc12)(c1ccccc1)c1ccccc1. The van der Waals surface area contributed by atoms with E-state index in [2.05, 4.69) is 96.8 Å². The second kappa shape index (κ2) is 23.7. The summed E-state index contributed by atoms with van der Waals surface area (Å²) < 4.78 is 30.3. The molecule has 0 unspecified atom stereocenters. The van der Waals surface area contributed by atoms with Gasteiger partial charge in [0.1, 0.15) is 29.3 Å². The van der Waals surface area contributed by atoms with Crippen LogP contribution in [-0.2, 0) is 67.7 Å². The highest BCUT2D eigenvalue weighted by molar-refractivity contribution is 7.97. The van der Waals surface area contributed by atoms with Crippen molar-refractivity contribution >= 4 is 69.8 Å². The lowest BCUT2D eigenvalue weighted by molar-refractivity contribution is 0.0589. The lowest BCUT2D eigenvalue weighted by Gasteiger charge is -2.33. The monoisotopic (exact) mass is 1040 g/mol. The lowest BCUT2D eigenvalue weighted by Crippen LogP contribution is -2.60. The fourth-order valence-corrected chi connectivity index (χ4v) is 15.8. The van der Waals surface area contributed by atoms with Crippen molar-refractivity contribution in [2.45, 2.75) is 76.5 Å². The Morgan fingerprint density at radius 2 is 1.50 bits per heavy atom. The molecule has 382 valence electrons. The number of methoxy groups -OCH3 is 2. The summed E-state index contributed by atoms with van der Waals surface area (Å²) >= 11 is 9.06. The maximum Gasteiger partial charge on any atom is 0.354 e. The molecular weight excluding hydrogens is 980 g/mol. The van der Waals surface area contributed by atoms with Gasteiger partial charge in [0, 0.05) is 73.0 Å². The minimum absolute atomic E-state index is 0.385. The van der Waals surface area contributed by atoms with Gasteiger partial charge in [0.15, 0.2) is 0 Å². The topological polar surface area (TPSA) is 107 Å². The maximum atomic E-state index is 13.8. The highest BCUT2D eigenvalue weighted by atomic mass is 35.5. The van der Waals surface area contributed by atoms with Gasteiger partial charge in [-0.1, -0.05) is 116 Å². The van der Waals surface area contributed by atoms with Crippen molar-refractivity contribution in [2.75, 3.05) is 20.8 Å². The molecule has 5 aromatic carbocycles. The zero-order chi connectivity index (χ0) is 51.8. The van der Waals surface area contributed by atoms with Crippen LogP contribution in [0.2, 0.25) is 11.1 Å². The second-order valence-electron chi connectivity index (χ2n) is 18.9. The van der Waals surface area contributed by atoms with Crippen LogP contribution in [0, 0.1) is 6.92 Å². The molecule has 0 bridgehead atoms. The van der Waals surface area contributed by atoms with E-state index in [1.54, 1.807) is 25.1 Å². The number of nitrogens with zero attached hydrogens (tertiary/aromatic N) is 6. The zero-order valence-corrected chi connectivity index (χ0v) is 46.1. The number of benzene rings is 5. The summed E-state index contributed by atoms with van der Waals surface area (Å²) in [4.78, 5) is 18.5. The molecule has 0 aliphatic carbocycles. The largest absolute Gasteiger partial charge is 0.497 e. The van der Waals surface area contributed by atoms with Gasteiger partial charge >= 0.3 is 5.97 Å². The van der Waals surface area contributed by atoms with Crippen LogP contribution in [0.25, 0.3) is 32.9 Å². The first-order chi connectivity index (χ1) is 36.0. The number of rotatable bonds is 23. The van der Waals surface area contributed by atoms with E-state index in [1.807, 2.05) is 84.5 Å². The molecule has 74 heavy (non-hydrogen) atoms. The first kappa shape index (κ1) is 52.2. The lowest BCUT2D eigenvalue weighted by atomic mass is 9.98. The van der Waals surface area contributed by atoms with E-state index in [0.29, 0.717) is 48.3 Å². The number of hydrogen-bond acceptors (Lipinski definition) is 9. The number of pyridine rings is 1. The smallest absolute Gasteiger partial charge is 0.354 e. The highest BCUT2D eigenvalue weighted by Crippen LogP contribution is 2.43. The van der Waals surface area contributed by atoms with Crippen LogP contribution < -0.4 is 19.8 Å². The summed E-state index contributed by atoms with van der Waals surface area (Å²) in [5.74, 6) is 2.57. The molecule has 0 saturated heterocycles. The Morgan fingerprint density at radius 1 is 0.757 bits per heavy atom. The molecule has 0 amide bonds. The van der Waals surface area contributed by atoms with E-state index in [1.165, 1.54) is 23.0 Å². The van der Waals surface area contributed by atoms with E-state index in [4.69, 9.17) is 40.4 Å². The highest BCUT2D eigenvalue weighted by Gasteiger charge is 2.39. The molecule has 0 aliphatic heterocycles. The van der Waals surface area contributed by atoms with Crippen LogP contribution in [0.15, 0.2) is 134 Å². The van der Waals surface area contributed by atoms with Crippen LogP contribution in [0.3, 0.4) is 0 Å². The summed E-state index contributed by atoms with van der Waals surface area (Å²) in [5, 5.41) is 15.1. The molecular formula is C60H65ClN6O5SSi. The number of aromatic nitrogens is 6. The molecule has 11 nitrogen and oxygen atoms in total. The van der Waals surface area contributed by atoms with Crippen molar-refractivity contribution in [1.29, 1.82) is 0 Å². The van der Waals surface area contributed by atoms with Gasteiger partial charge in [0.05, 0.1) is 41.8 Å². The molecule has 9 rings (SSSR count). The number of hydrogen-bond donors (Lipinski definition) is 0. The minimum atomic E-state index is -2.58. The van der Waals surface area contributed by atoms with Crippen molar-refractivity contribution in [3.63, 3.8) is 0 Å². The Morgan fingerprint density at radius 3 is 2.20 bits per heavy atom. The number of fused-ring (bicyclic) bond motifs is 2. The van der Waals surface area contributed by atoms with Crippen LogP contribution in [-0.4, -0.2) is 64.2 Å². The molecule has 14 heteroatoms. The number of esters is 1. The third-order valence-electron chi connectivity index (χ3n) is 14.1. The van der Waals surface area contributed by atoms with Crippen LogP contribution in [0.5, 0.6) is 11.5 Å². The van der Waals surface area contributed by atoms with E-state index in [-0.39, 0.29) is 5.97 Å². The van der Waals surface area contributed by atoms with Crippen LogP contribution >= 0.6 is 23.4 Å². The van der Waals surface area contributed by atoms with Gasteiger partial charge in [-0.05, 0) is 108 Å². The number of aryl methyl sites for hydroxylation is 7. The van der Waals surface area contributed by atoms with Crippen molar-refractivity contribution in [2.24, 2.45) is 21.1 Å². The Balaban J connectivity index is 0.919. The molecule has 0 saturated carbocycles. The number of ether oxygens (including phenoxy) is 3.